The van der Waals surface area contributed by atoms with Crippen molar-refractivity contribution in [2.75, 3.05) is 6.54 Å². The second-order valence-electron chi connectivity index (χ2n) is 4.55. The van der Waals surface area contributed by atoms with E-state index in [-0.39, 0.29) is 11.8 Å². The Labute approximate surface area is 115 Å². The lowest BCUT2D eigenvalue weighted by Gasteiger charge is -2.08. The number of nitrogens with zero attached hydrogens (tertiary/aromatic N) is 2. The summed E-state index contributed by atoms with van der Waals surface area (Å²) in [4.78, 5) is 19.6. The first-order chi connectivity index (χ1) is 9.22. The van der Waals surface area contributed by atoms with Gasteiger partial charge in [0, 0.05) is 36.8 Å². The summed E-state index contributed by atoms with van der Waals surface area (Å²) in [5.41, 5.74) is 2.11. The topological polar surface area (TPSA) is 54.9 Å². The molecule has 1 fully saturated rings. The average Bonchev–Trinajstić information content (AvgIpc) is 2.87. The summed E-state index contributed by atoms with van der Waals surface area (Å²) < 4.78 is 0. The Balaban J connectivity index is 1.82. The molecule has 3 rings (SSSR count). The van der Waals surface area contributed by atoms with E-state index in [9.17, 15) is 4.79 Å². The van der Waals surface area contributed by atoms with Gasteiger partial charge in [0.15, 0.2) is 5.82 Å². The van der Waals surface area contributed by atoms with Crippen molar-refractivity contribution >= 4 is 17.5 Å². The quantitative estimate of drug-likeness (QED) is 0.914. The third-order valence-corrected chi connectivity index (χ3v) is 3.43. The molecule has 1 unspecified atom stereocenters. The molecule has 4 nitrogen and oxygen atoms in total. The largest absolute Gasteiger partial charge is 0.355 e. The molecule has 1 aliphatic rings. The average molecular weight is 274 g/mol. The van der Waals surface area contributed by atoms with Crippen LogP contribution < -0.4 is 5.32 Å². The van der Waals surface area contributed by atoms with E-state index < -0.39 is 0 Å². The van der Waals surface area contributed by atoms with Crippen LogP contribution in [0, 0.1) is 0 Å². The summed E-state index contributed by atoms with van der Waals surface area (Å²) in [5.74, 6) is 1.04. The molecule has 2 aromatic rings. The maximum Gasteiger partial charge on any atom is 0.220 e. The van der Waals surface area contributed by atoms with Crippen molar-refractivity contribution in [1.29, 1.82) is 0 Å². The normalized spacial score (nSPS) is 18.4. The van der Waals surface area contributed by atoms with E-state index in [0.717, 1.165) is 17.7 Å². The molecule has 19 heavy (non-hydrogen) atoms. The van der Waals surface area contributed by atoms with E-state index in [2.05, 4.69) is 15.3 Å². The fourth-order valence-corrected chi connectivity index (χ4v) is 2.30. The molecule has 1 N–H and O–H groups in total. The van der Waals surface area contributed by atoms with Crippen molar-refractivity contribution in [3.8, 4) is 11.4 Å². The molecule has 1 aromatic heterocycles. The number of carbonyl (C=O) groups excluding carboxylic acids is 1. The van der Waals surface area contributed by atoms with Crippen LogP contribution in [0.25, 0.3) is 11.4 Å². The van der Waals surface area contributed by atoms with E-state index in [4.69, 9.17) is 11.6 Å². The zero-order valence-corrected chi connectivity index (χ0v) is 10.9. The molecule has 0 spiro atoms. The van der Waals surface area contributed by atoms with Crippen LogP contribution in [-0.4, -0.2) is 22.4 Å². The SMILES string of the molecule is O=C1CC(c2ccc(-c3ncc(Cl)cn3)cc2)CN1. The lowest BCUT2D eigenvalue weighted by molar-refractivity contribution is -0.119. The van der Waals surface area contributed by atoms with Gasteiger partial charge in [-0.25, -0.2) is 9.97 Å². The van der Waals surface area contributed by atoms with Gasteiger partial charge in [-0.3, -0.25) is 4.79 Å². The van der Waals surface area contributed by atoms with Gasteiger partial charge in [-0.2, -0.15) is 0 Å². The Morgan fingerprint density at radius 1 is 1.16 bits per heavy atom. The molecular weight excluding hydrogens is 262 g/mol. The molecule has 2 heterocycles. The molecule has 1 atom stereocenters. The monoisotopic (exact) mass is 273 g/mol. The highest BCUT2D eigenvalue weighted by Crippen LogP contribution is 2.25. The summed E-state index contributed by atoms with van der Waals surface area (Å²) in [5, 5.41) is 3.37. The molecule has 0 aliphatic carbocycles. The van der Waals surface area contributed by atoms with Crippen LogP contribution in [0.5, 0.6) is 0 Å². The second-order valence-corrected chi connectivity index (χ2v) is 4.99. The van der Waals surface area contributed by atoms with E-state index >= 15 is 0 Å². The van der Waals surface area contributed by atoms with E-state index in [1.807, 2.05) is 24.3 Å². The molecular formula is C14H12ClN3O. The standard InChI is InChI=1S/C14H12ClN3O/c15-12-7-17-14(18-8-12)10-3-1-9(2-4-10)11-5-13(19)16-6-11/h1-4,7-8,11H,5-6H2,(H,16,19). The van der Waals surface area contributed by atoms with Gasteiger partial charge in [0.1, 0.15) is 0 Å². The van der Waals surface area contributed by atoms with Gasteiger partial charge < -0.3 is 5.32 Å². The van der Waals surface area contributed by atoms with Crippen molar-refractivity contribution in [2.24, 2.45) is 0 Å². The van der Waals surface area contributed by atoms with Crippen molar-refractivity contribution in [3.63, 3.8) is 0 Å². The summed E-state index contributed by atoms with van der Waals surface area (Å²) >= 11 is 5.76. The number of carbonyl (C=O) groups is 1. The summed E-state index contributed by atoms with van der Waals surface area (Å²) in [6, 6.07) is 8.00. The lowest BCUT2D eigenvalue weighted by atomic mass is 9.97. The van der Waals surface area contributed by atoms with E-state index in [1.54, 1.807) is 12.4 Å². The number of amides is 1. The molecule has 0 bridgehead atoms. The minimum absolute atomic E-state index is 0.120. The Kier molecular flexibility index (Phi) is 3.17. The summed E-state index contributed by atoms with van der Waals surface area (Å²) in [6.07, 6.45) is 3.73. The van der Waals surface area contributed by atoms with Gasteiger partial charge in [0.05, 0.1) is 5.02 Å². The number of hydrogen-bond acceptors (Lipinski definition) is 3. The minimum Gasteiger partial charge on any atom is -0.355 e. The van der Waals surface area contributed by atoms with Crippen LogP contribution >= 0.6 is 11.6 Å². The summed E-state index contributed by atoms with van der Waals surface area (Å²) in [7, 11) is 0. The first-order valence-corrected chi connectivity index (χ1v) is 6.45. The zero-order chi connectivity index (χ0) is 13.2. The van der Waals surface area contributed by atoms with Crippen LogP contribution in [0.15, 0.2) is 36.7 Å². The van der Waals surface area contributed by atoms with Crippen LogP contribution in [0.2, 0.25) is 5.02 Å². The number of aromatic nitrogens is 2. The molecule has 0 radical (unpaired) electrons. The third kappa shape index (κ3) is 2.58. The van der Waals surface area contributed by atoms with Gasteiger partial charge >= 0.3 is 0 Å². The highest BCUT2D eigenvalue weighted by molar-refractivity contribution is 6.30. The van der Waals surface area contributed by atoms with Crippen LogP contribution in [0.1, 0.15) is 17.9 Å². The highest BCUT2D eigenvalue weighted by atomic mass is 35.5. The molecule has 96 valence electrons. The molecule has 1 aromatic carbocycles. The fraction of sp³-hybridized carbons (Fsp3) is 0.214. The Morgan fingerprint density at radius 3 is 2.42 bits per heavy atom. The first kappa shape index (κ1) is 12.1. The number of benzene rings is 1. The van der Waals surface area contributed by atoms with Crippen molar-refractivity contribution < 1.29 is 4.79 Å². The minimum atomic E-state index is 0.120. The smallest absolute Gasteiger partial charge is 0.220 e. The third-order valence-electron chi connectivity index (χ3n) is 3.24. The predicted molar refractivity (Wildman–Crippen MR) is 72.8 cm³/mol. The highest BCUT2D eigenvalue weighted by Gasteiger charge is 2.22. The van der Waals surface area contributed by atoms with Gasteiger partial charge in [0.2, 0.25) is 5.91 Å². The van der Waals surface area contributed by atoms with E-state index in [1.165, 1.54) is 0 Å². The fourth-order valence-electron chi connectivity index (χ4n) is 2.21. The van der Waals surface area contributed by atoms with Gasteiger partial charge in [-0.05, 0) is 5.56 Å². The van der Waals surface area contributed by atoms with Crippen LogP contribution in [0.4, 0.5) is 0 Å². The molecule has 5 heteroatoms. The number of nitrogens with one attached hydrogen (secondary N) is 1. The van der Waals surface area contributed by atoms with Gasteiger partial charge in [0.25, 0.3) is 0 Å². The Morgan fingerprint density at radius 2 is 1.84 bits per heavy atom. The zero-order valence-electron chi connectivity index (χ0n) is 10.1. The lowest BCUT2D eigenvalue weighted by Crippen LogP contribution is -2.13. The van der Waals surface area contributed by atoms with Crippen LogP contribution in [-0.2, 0) is 4.79 Å². The molecule has 1 amide bonds. The number of hydrogen-bond donors (Lipinski definition) is 1. The Hall–Kier alpha value is -1.94. The predicted octanol–water partition coefficient (Wildman–Crippen LogP) is 2.40. The molecule has 1 aliphatic heterocycles. The maximum atomic E-state index is 11.2. The number of halogens is 1. The van der Waals surface area contributed by atoms with Gasteiger partial charge in [-0.1, -0.05) is 35.9 Å². The van der Waals surface area contributed by atoms with Crippen molar-refractivity contribution in [1.82, 2.24) is 15.3 Å². The van der Waals surface area contributed by atoms with Crippen LogP contribution in [0.3, 0.4) is 0 Å². The molecule has 0 saturated carbocycles. The first-order valence-electron chi connectivity index (χ1n) is 6.07. The second kappa shape index (κ2) is 4.97. The van der Waals surface area contributed by atoms with Gasteiger partial charge in [-0.15, -0.1) is 0 Å². The maximum absolute atomic E-state index is 11.2. The molecule has 1 saturated heterocycles. The van der Waals surface area contributed by atoms with Crippen molar-refractivity contribution in [2.45, 2.75) is 12.3 Å². The van der Waals surface area contributed by atoms with Crippen molar-refractivity contribution in [3.05, 3.63) is 47.2 Å². The number of rotatable bonds is 2. The van der Waals surface area contributed by atoms with E-state index in [0.29, 0.717) is 17.3 Å². The summed E-state index contributed by atoms with van der Waals surface area (Å²) in [6.45, 7) is 0.718. The Bertz CT molecular complexity index is 595.